The molecule has 0 unspecified atom stereocenters. The number of fused-ring (bicyclic) bond motifs is 1. The van der Waals surface area contributed by atoms with E-state index in [0.717, 1.165) is 20.8 Å². The number of ether oxygens (including phenoxy) is 1. The van der Waals surface area contributed by atoms with E-state index in [1.165, 1.54) is 0 Å². The van der Waals surface area contributed by atoms with Crippen LogP contribution in [0.3, 0.4) is 0 Å². The molecule has 0 fully saturated rings. The van der Waals surface area contributed by atoms with Crippen LogP contribution >= 0.6 is 11.3 Å². The van der Waals surface area contributed by atoms with Crippen molar-refractivity contribution in [3.8, 4) is 0 Å². The summed E-state index contributed by atoms with van der Waals surface area (Å²) >= 11 is 1.58. The number of hydrogen-bond acceptors (Lipinski definition) is 5. The Morgan fingerprint density at radius 3 is 2.50 bits per heavy atom. The number of nitrogens with zero attached hydrogens (tertiary/aromatic N) is 2. The van der Waals surface area contributed by atoms with E-state index >= 15 is 0 Å². The number of esters is 1. The molecule has 0 aliphatic heterocycles. The molecule has 28 heavy (non-hydrogen) atoms. The zero-order chi connectivity index (χ0) is 19.9. The molecule has 1 heterocycles. The number of para-hydroxylation sites is 1. The lowest BCUT2D eigenvalue weighted by molar-refractivity contribution is -0.153. The number of thiazole rings is 1. The van der Waals surface area contributed by atoms with Crippen LogP contribution in [0, 0.1) is 0 Å². The lowest BCUT2D eigenvalue weighted by Crippen LogP contribution is -2.39. The van der Waals surface area contributed by atoms with Crippen LogP contribution < -0.4 is 0 Å². The molecule has 146 valence electrons. The van der Waals surface area contributed by atoms with Crippen molar-refractivity contribution in [1.82, 2.24) is 9.88 Å². The van der Waals surface area contributed by atoms with E-state index in [2.05, 4.69) is 4.98 Å². The van der Waals surface area contributed by atoms with Crippen LogP contribution in [0.4, 0.5) is 0 Å². The molecule has 1 aromatic heterocycles. The summed E-state index contributed by atoms with van der Waals surface area (Å²) in [5, 5.41) is 0.900. The first-order valence-electron chi connectivity index (χ1n) is 9.36. The average Bonchev–Trinajstić information content (AvgIpc) is 3.12. The summed E-state index contributed by atoms with van der Waals surface area (Å²) in [4.78, 5) is 30.8. The molecule has 1 amide bonds. The molecule has 5 nitrogen and oxygen atoms in total. The van der Waals surface area contributed by atoms with Gasteiger partial charge in [0.2, 0.25) is 0 Å². The van der Waals surface area contributed by atoms with Gasteiger partial charge in [-0.3, -0.25) is 9.59 Å². The second-order valence-electron chi connectivity index (χ2n) is 6.84. The SMILES string of the molecule is CC(C)N(Cc1ccccc1)C(=O)COC(=O)CCc1nc2ccccc2s1. The van der Waals surface area contributed by atoms with E-state index in [1.807, 2.05) is 68.4 Å². The molecule has 2 aromatic carbocycles. The van der Waals surface area contributed by atoms with Gasteiger partial charge in [0.05, 0.1) is 21.6 Å². The smallest absolute Gasteiger partial charge is 0.306 e. The van der Waals surface area contributed by atoms with Gasteiger partial charge < -0.3 is 9.64 Å². The summed E-state index contributed by atoms with van der Waals surface area (Å²) in [6.45, 7) is 4.18. The van der Waals surface area contributed by atoms with Crippen molar-refractivity contribution < 1.29 is 14.3 Å². The van der Waals surface area contributed by atoms with Gasteiger partial charge in [-0.05, 0) is 31.5 Å². The Hall–Kier alpha value is -2.73. The summed E-state index contributed by atoms with van der Waals surface area (Å²) in [7, 11) is 0. The van der Waals surface area contributed by atoms with Crippen molar-refractivity contribution in [3.05, 3.63) is 65.2 Å². The number of aromatic nitrogens is 1. The average molecular weight is 397 g/mol. The molecule has 0 aliphatic rings. The quantitative estimate of drug-likeness (QED) is 0.535. The standard InChI is InChI=1S/C22H24N2O3S/c1-16(2)24(14-17-8-4-3-5-9-17)21(25)15-27-22(26)13-12-20-23-18-10-6-7-11-19(18)28-20/h3-11,16H,12-15H2,1-2H3. The third-order valence-corrected chi connectivity index (χ3v) is 5.47. The second kappa shape index (κ2) is 9.46. The first kappa shape index (κ1) is 20.0. The van der Waals surface area contributed by atoms with Gasteiger partial charge in [0, 0.05) is 19.0 Å². The summed E-state index contributed by atoms with van der Waals surface area (Å²) < 4.78 is 6.32. The maximum Gasteiger partial charge on any atom is 0.306 e. The highest BCUT2D eigenvalue weighted by Gasteiger charge is 2.19. The third kappa shape index (κ3) is 5.39. The van der Waals surface area contributed by atoms with Gasteiger partial charge in [0.1, 0.15) is 0 Å². The number of carbonyl (C=O) groups excluding carboxylic acids is 2. The fourth-order valence-electron chi connectivity index (χ4n) is 2.87. The zero-order valence-electron chi connectivity index (χ0n) is 16.1. The van der Waals surface area contributed by atoms with Crippen LogP contribution in [0.5, 0.6) is 0 Å². The van der Waals surface area contributed by atoms with Gasteiger partial charge in [0.25, 0.3) is 5.91 Å². The fourth-order valence-corrected chi connectivity index (χ4v) is 3.84. The Kier molecular flexibility index (Phi) is 6.76. The maximum atomic E-state index is 12.5. The molecule has 0 aliphatic carbocycles. The van der Waals surface area contributed by atoms with Crippen molar-refractivity contribution >= 4 is 33.4 Å². The van der Waals surface area contributed by atoms with Crippen LogP contribution in [-0.4, -0.2) is 34.4 Å². The van der Waals surface area contributed by atoms with Gasteiger partial charge in [-0.15, -0.1) is 11.3 Å². The van der Waals surface area contributed by atoms with Gasteiger partial charge in [-0.1, -0.05) is 42.5 Å². The molecule has 0 saturated carbocycles. The van der Waals surface area contributed by atoms with Gasteiger partial charge in [-0.25, -0.2) is 4.98 Å². The Balaban J connectivity index is 1.48. The van der Waals surface area contributed by atoms with Crippen molar-refractivity contribution in [1.29, 1.82) is 0 Å². The maximum absolute atomic E-state index is 12.5. The van der Waals surface area contributed by atoms with E-state index in [9.17, 15) is 9.59 Å². The lowest BCUT2D eigenvalue weighted by atomic mass is 10.2. The topological polar surface area (TPSA) is 59.5 Å². The van der Waals surface area contributed by atoms with Crippen LogP contribution in [0.15, 0.2) is 54.6 Å². The van der Waals surface area contributed by atoms with Crippen molar-refractivity contribution in [2.45, 2.75) is 39.3 Å². The molecule has 0 atom stereocenters. The van der Waals surface area contributed by atoms with E-state index in [-0.39, 0.29) is 30.9 Å². The van der Waals surface area contributed by atoms with Crippen molar-refractivity contribution in [3.63, 3.8) is 0 Å². The summed E-state index contributed by atoms with van der Waals surface area (Å²) in [6.07, 6.45) is 0.734. The normalized spacial score (nSPS) is 11.0. The Morgan fingerprint density at radius 2 is 1.79 bits per heavy atom. The van der Waals surface area contributed by atoms with Crippen LogP contribution in [0.25, 0.3) is 10.2 Å². The monoisotopic (exact) mass is 396 g/mol. The molecule has 0 bridgehead atoms. The van der Waals surface area contributed by atoms with Crippen molar-refractivity contribution in [2.24, 2.45) is 0 Å². The van der Waals surface area contributed by atoms with Gasteiger partial charge >= 0.3 is 5.97 Å². The summed E-state index contributed by atoms with van der Waals surface area (Å²) in [5.41, 5.74) is 1.99. The predicted molar refractivity (Wildman–Crippen MR) is 111 cm³/mol. The van der Waals surface area contributed by atoms with Crippen LogP contribution in [0.2, 0.25) is 0 Å². The summed E-state index contributed by atoms with van der Waals surface area (Å²) in [6, 6.07) is 17.7. The molecule has 0 N–H and O–H groups in total. The summed E-state index contributed by atoms with van der Waals surface area (Å²) in [5.74, 6) is -0.566. The van der Waals surface area contributed by atoms with Crippen LogP contribution in [-0.2, 0) is 27.3 Å². The Morgan fingerprint density at radius 1 is 1.07 bits per heavy atom. The predicted octanol–water partition coefficient (Wildman–Crippen LogP) is 4.21. The third-order valence-electron chi connectivity index (χ3n) is 4.38. The molecule has 3 aromatic rings. The number of carbonyl (C=O) groups is 2. The molecular weight excluding hydrogens is 372 g/mol. The second-order valence-corrected chi connectivity index (χ2v) is 7.95. The van der Waals surface area contributed by atoms with E-state index in [4.69, 9.17) is 4.74 Å². The Bertz CT molecular complexity index is 904. The minimum atomic E-state index is -0.379. The number of amides is 1. The highest BCUT2D eigenvalue weighted by Crippen LogP contribution is 2.22. The van der Waals surface area contributed by atoms with E-state index in [1.54, 1.807) is 16.2 Å². The first-order chi connectivity index (χ1) is 13.5. The lowest BCUT2D eigenvalue weighted by Gasteiger charge is -2.26. The molecule has 6 heteroatoms. The molecular formula is C22H24N2O3S. The number of rotatable bonds is 8. The molecule has 0 saturated heterocycles. The minimum absolute atomic E-state index is 0.0224. The molecule has 0 radical (unpaired) electrons. The van der Waals surface area contributed by atoms with Gasteiger partial charge in [0.15, 0.2) is 6.61 Å². The fraction of sp³-hybridized carbons (Fsp3) is 0.318. The first-order valence-corrected chi connectivity index (χ1v) is 10.2. The Labute approximate surface area is 169 Å². The largest absolute Gasteiger partial charge is 0.456 e. The van der Waals surface area contributed by atoms with Crippen molar-refractivity contribution in [2.75, 3.05) is 6.61 Å². The highest BCUT2D eigenvalue weighted by atomic mass is 32.1. The molecule has 0 spiro atoms. The molecule has 3 rings (SSSR count). The number of aryl methyl sites for hydroxylation is 1. The van der Waals surface area contributed by atoms with E-state index in [0.29, 0.717) is 13.0 Å². The zero-order valence-corrected chi connectivity index (χ0v) is 16.9. The minimum Gasteiger partial charge on any atom is -0.456 e. The van der Waals surface area contributed by atoms with Crippen LogP contribution in [0.1, 0.15) is 30.8 Å². The van der Waals surface area contributed by atoms with Gasteiger partial charge in [-0.2, -0.15) is 0 Å². The number of benzene rings is 2. The number of hydrogen-bond donors (Lipinski definition) is 0. The van der Waals surface area contributed by atoms with E-state index < -0.39 is 0 Å². The highest BCUT2D eigenvalue weighted by molar-refractivity contribution is 7.18.